The van der Waals surface area contributed by atoms with Gasteiger partial charge in [-0.05, 0) is 19.3 Å². The molecule has 2 aliphatic heterocycles. The zero-order valence-electron chi connectivity index (χ0n) is 14.3. The van der Waals surface area contributed by atoms with E-state index in [-0.39, 0.29) is 29.6 Å². The van der Waals surface area contributed by atoms with Gasteiger partial charge in [-0.2, -0.15) is 0 Å². The molecule has 0 bridgehead atoms. The molecule has 1 aromatic heterocycles. The summed E-state index contributed by atoms with van der Waals surface area (Å²) in [5, 5.41) is 3.14. The van der Waals surface area contributed by atoms with Gasteiger partial charge in [0.2, 0.25) is 5.91 Å². The summed E-state index contributed by atoms with van der Waals surface area (Å²) in [6, 6.07) is 0.151. The van der Waals surface area contributed by atoms with Crippen molar-refractivity contribution in [3.8, 4) is 0 Å². The summed E-state index contributed by atoms with van der Waals surface area (Å²) in [7, 11) is 0. The number of nitrogens with zero attached hydrogens (tertiary/aromatic N) is 2. The smallest absolute Gasteiger partial charge is 0.249 e. The normalized spacial score (nSPS) is 27.7. The Labute approximate surface area is 137 Å². The Morgan fingerprint density at radius 1 is 1.43 bits per heavy atom. The van der Waals surface area contributed by atoms with Crippen molar-refractivity contribution in [2.45, 2.75) is 76.7 Å². The van der Waals surface area contributed by atoms with E-state index in [4.69, 9.17) is 15.5 Å². The molecule has 0 aromatic carbocycles. The van der Waals surface area contributed by atoms with Crippen molar-refractivity contribution >= 4 is 5.91 Å². The first-order valence-electron chi connectivity index (χ1n) is 8.59. The first-order valence-corrected chi connectivity index (χ1v) is 8.59. The van der Waals surface area contributed by atoms with Crippen LogP contribution in [0.4, 0.5) is 0 Å². The lowest BCUT2D eigenvalue weighted by molar-refractivity contribution is -0.132. The molecule has 1 aromatic rings. The van der Waals surface area contributed by atoms with Crippen LogP contribution in [-0.4, -0.2) is 40.3 Å². The van der Waals surface area contributed by atoms with Crippen LogP contribution in [0.25, 0.3) is 0 Å². The summed E-state index contributed by atoms with van der Waals surface area (Å²) in [5.41, 5.74) is 6.77. The van der Waals surface area contributed by atoms with Gasteiger partial charge in [-0.15, -0.1) is 0 Å². The van der Waals surface area contributed by atoms with Crippen LogP contribution in [0.2, 0.25) is 0 Å². The fourth-order valence-corrected chi connectivity index (χ4v) is 3.29. The molecular weight excluding hydrogens is 292 g/mol. The van der Waals surface area contributed by atoms with Gasteiger partial charge in [-0.25, -0.2) is 4.98 Å². The van der Waals surface area contributed by atoms with Crippen LogP contribution >= 0.6 is 0 Å². The molecule has 0 aliphatic carbocycles. The number of aromatic nitrogens is 2. The van der Waals surface area contributed by atoms with E-state index < -0.39 is 0 Å². The zero-order chi connectivity index (χ0) is 16.6. The van der Waals surface area contributed by atoms with Gasteiger partial charge in [0.1, 0.15) is 11.9 Å². The average molecular weight is 320 g/mol. The predicted octanol–water partition coefficient (Wildman–Crippen LogP) is 1.12. The molecule has 3 atom stereocenters. The Morgan fingerprint density at radius 3 is 2.87 bits per heavy atom. The second kappa shape index (κ2) is 6.24. The summed E-state index contributed by atoms with van der Waals surface area (Å²) in [5.74, 6) is 1.13. The minimum absolute atomic E-state index is 0.00515. The van der Waals surface area contributed by atoms with Crippen LogP contribution in [0.5, 0.6) is 0 Å². The third kappa shape index (κ3) is 3.58. The van der Waals surface area contributed by atoms with Crippen LogP contribution in [0.15, 0.2) is 6.20 Å². The maximum atomic E-state index is 12.3. The molecule has 3 heterocycles. The molecule has 1 saturated heterocycles. The van der Waals surface area contributed by atoms with Gasteiger partial charge in [-0.3, -0.25) is 4.79 Å². The van der Waals surface area contributed by atoms with Crippen LogP contribution in [0.3, 0.4) is 0 Å². The molecule has 0 saturated carbocycles. The highest BCUT2D eigenvalue weighted by Crippen LogP contribution is 2.25. The number of nitrogens with two attached hydrogens (primary N) is 1. The SMILES string of the molecule is CC(C)(C)c1cn2c(n1)CCC(NC(=O)[C@@H]1CC[C@H](CN)O1)C2. The van der Waals surface area contributed by atoms with Gasteiger partial charge in [-0.1, -0.05) is 20.8 Å². The van der Waals surface area contributed by atoms with Gasteiger partial charge in [0.05, 0.1) is 11.8 Å². The van der Waals surface area contributed by atoms with Gasteiger partial charge >= 0.3 is 0 Å². The minimum atomic E-state index is -0.335. The molecule has 1 unspecified atom stereocenters. The number of aryl methyl sites for hydroxylation is 1. The van der Waals surface area contributed by atoms with E-state index in [0.717, 1.165) is 43.7 Å². The Hall–Kier alpha value is -1.40. The monoisotopic (exact) mass is 320 g/mol. The third-order valence-electron chi connectivity index (χ3n) is 4.77. The zero-order valence-corrected chi connectivity index (χ0v) is 14.3. The van der Waals surface area contributed by atoms with E-state index in [2.05, 4.69) is 36.9 Å². The van der Waals surface area contributed by atoms with E-state index in [1.165, 1.54) is 0 Å². The lowest BCUT2D eigenvalue weighted by atomic mass is 9.93. The summed E-state index contributed by atoms with van der Waals surface area (Å²) < 4.78 is 7.86. The molecule has 2 aliphatic rings. The number of carbonyl (C=O) groups is 1. The Morgan fingerprint density at radius 2 is 2.22 bits per heavy atom. The molecule has 23 heavy (non-hydrogen) atoms. The van der Waals surface area contributed by atoms with E-state index in [9.17, 15) is 4.79 Å². The number of hydrogen-bond donors (Lipinski definition) is 2. The topological polar surface area (TPSA) is 82.2 Å². The molecule has 3 N–H and O–H groups in total. The van der Waals surface area contributed by atoms with E-state index in [1.54, 1.807) is 0 Å². The summed E-state index contributed by atoms with van der Waals surface area (Å²) in [4.78, 5) is 17.1. The average Bonchev–Trinajstić information content (AvgIpc) is 3.12. The summed E-state index contributed by atoms with van der Waals surface area (Å²) >= 11 is 0. The second-order valence-corrected chi connectivity index (χ2v) is 7.75. The molecular formula is C17H28N4O2. The highest BCUT2D eigenvalue weighted by Gasteiger charge is 2.32. The van der Waals surface area contributed by atoms with Crippen molar-refractivity contribution in [2.24, 2.45) is 5.73 Å². The number of carbonyl (C=O) groups excluding carboxylic acids is 1. The standard InChI is InChI=1S/C17H28N4O2/c1-17(2,3)14-10-21-9-11(4-7-15(21)20-14)19-16(22)13-6-5-12(8-18)23-13/h10-13H,4-9,18H2,1-3H3,(H,19,22)/t11?,12-,13+/m1/s1. The summed E-state index contributed by atoms with van der Waals surface area (Å²) in [6.07, 6.45) is 5.30. The van der Waals surface area contributed by atoms with Gasteiger partial charge in [0.15, 0.2) is 0 Å². The van der Waals surface area contributed by atoms with Crippen molar-refractivity contribution in [1.29, 1.82) is 0 Å². The first kappa shape index (κ1) is 16.5. The van der Waals surface area contributed by atoms with Gasteiger partial charge in [0, 0.05) is 37.2 Å². The van der Waals surface area contributed by atoms with Crippen LogP contribution in [-0.2, 0) is 27.9 Å². The fraction of sp³-hybridized carbons (Fsp3) is 0.765. The molecule has 0 radical (unpaired) electrons. The first-order chi connectivity index (χ1) is 10.9. The second-order valence-electron chi connectivity index (χ2n) is 7.75. The highest BCUT2D eigenvalue weighted by molar-refractivity contribution is 5.81. The van der Waals surface area contributed by atoms with Gasteiger partial charge in [0.25, 0.3) is 0 Å². The number of nitrogens with one attached hydrogen (secondary N) is 1. The molecule has 1 fully saturated rings. The Kier molecular flexibility index (Phi) is 4.47. The van der Waals surface area contributed by atoms with Crippen molar-refractivity contribution < 1.29 is 9.53 Å². The third-order valence-corrected chi connectivity index (χ3v) is 4.77. The number of hydrogen-bond acceptors (Lipinski definition) is 4. The maximum absolute atomic E-state index is 12.3. The van der Waals surface area contributed by atoms with Crippen molar-refractivity contribution in [2.75, 3.05) is 6.54 Å². The van der Waals surface area contributed by atoms with Crippen LogP contribution in [0.1, 0.15) is 51.6 Å². The van der Waals surface area contributed by atoms with E-state index >= 15 is 0 Å². The quantitative estimate of drug-likeness (QED) is 0.874. The van der Waals surface area contributed by atoms with Crippen LogP contribution in [0, 0.1) is 0 Å². The summed E-state index contributed by atoms with van der Waals surface area (Å²) in [6.45, 7) is 7.79. The maximum Gasteiger partial charge on any atom is 0.249 e. The Balaban J connectivity index is 1.59. The number of ether oxygens (including phenoxy) is 1. The molecule has 6 heteroatoms. The molecule has 0 spiro atoms. The number of imidazole rings is 1. The van der Waals surface area contributed by atoms with Crippen molar-refractivity contribution in [3.05, 3.63) is 17.7 Å². The minimum Gasteiger partial charge on any atom is -0.364 e. The number of fused-ring (bicyclic) bond motifs is 1. The van der Waals surface area contributed by atoms with Crippen molar-refractivity contribution in [1.82, 2.24) is 14.9 Å². The Bertz CT molecular complexity index is 576. The largest absolute Gasteiger partial charge is 0.364 e. The number of amides is 1. The molecule has 1 amide bonds. The van der Waals surface area contributed by atoms with Crippen LogP contribution < -0.4 is 11.1 Å². The van der Waals surface area contributed by atoms with Crippen molar-refractivity contribution in [3.63, 3.8) is 0 Å². The molecule has 128 valence electrons. The molecule has 3 rings (SSSR count). The van der Waals surface area contributed by atoms with Gasteiger partial charge < -0.3 is 20.4 Å². The highest BCUT2D eigenvalue weighted by atomic mass is 16.5. The van der Waals surface area contributed by atoms with E-state index in [0.29, 0.717) is 6.54 Å². The molecule has 6 nitrogen and oxygen atoms in total. The fourth-order valence-electron chi connectivity index (χ4n) is 3.29. The number of rotatable bonds is 3. The lowest BCUT2D eigenvalue weighted by Gasteiger charge is -2.26. The van der Waals surface area contributed by atoms with E-state index in [1.807, 2.05) is 0 Å². The lowest BCUT2D eigenvalue weighted by Crippen LogP contribution is -2.45. The predicted molar refractivity (Wildman–Crippen MR) is 88.1 cm³/mol.